The number of carbonyl (C=O) groups excluding carboxylic acids is 2. The molecule has 0 aliphatic carbocycles. The predicted octanol–water partition coefficient (Wildman–Crippen LogP) is 6.29. The molecule has 4 rings (SSSR count). The van der Waals surface area contributed by atoms with Gasteiger partial charge >= 0.3 is 5.97 Å². The molecule has 0 bridgehead atoms. The van der Waals surface area contributed by atoms with E-state index in [1.807, 2.05) is 61.5 Å². The Hall–Kier alpha value is -4.20. The number of thioether (sulfide) groups is 1. The Balaban J connectivity index is 1.51. The highest BCUT2D eigenvalue weighted by molar-refractivity contribution is 7.99. The SMILES string of the molecule is CCOC(=O)Cc1csc(NC(=O)CCSc2nc(-c3ccc(OC)cc3)cc(-c3ccc(C)cc3)c2C#N)n1. The van der Waals surface area contributed by atoms with E-state index in [4.69, 9.17) is 14.5 Å². The molecule has 2 aromatic heterocycles. The fraction of sp³-hybridized carbons (Fsp3) is 0.233. The molecule has 4 aromatic rings. The van der Waals surface area contributed by atoms with Crippen LogP contribution in [-0.4, -0.2) is 41.3 Å². The molecule has 1 N–H and O–H groups in total. The number of aromatic nitrogens is 2. The highest BCUT2D eigenvalue weighted by atomic mass is 32.2. The van der Waals surface area contributed by atoms with E-state index in [0.717, 1.165) is 33.7 Å². The summed E-state index contributed by atoms with van der Waals surface area (Å²) in [6.45, 7) is 4.07. The largest absolute Gasteiger partial charge is 0.497 e. The van der Waals surface area contributed by atoms with E-state index >= 15 is 0 Å². The van der Waals surface area contributed by atoms with Crippen LogP contribution in [0, 0.1) is 18.3 Å². The normalized spacial score (nSPS) is 10.6. The van der Waals surface area contributed by atoms with Crippen LogP contribution in [-0.2, 0) is 20.7 Å². The van der Waals surface area contributed by atoms with Crippen molar-refractivity contribution in [2.24, 2.45) is 0 Å². The number of methoxy groups -OCH3 is 1. The summed E-state index contributed by atoms with van der Waals surface area (Å²) in [7, 11) is 1.62. The van der Waals surface area contributed by atoms with Gasteiger partial charge in [-0.2, -0.15) is 5.26 Å². The molecule has 2 heterocycles. The highest BCUT2D eigenvalue weighted by Gasteiger charge is 2.17. The van der Waals surface area contributed by atoms with Crippen LogP contribution in [0.1, 0.15) is 30.2 Å². The number of nitriles is 1. The van der Waals surface area contributed by atoms with Crippen molar-refractivity contribution in [2.45, 2.75) is 31.7 Å². The maximum Gasteiger partial charge on any atom is 0.311 e. The summed E-state index contributed by atoms with van der Waals surface area (Å²) < 4.78 is 10.2. The minimum Gasteiger partial charge on any atom is -0.497 e. The number of amides is 1. The zero-order valence-electron chi connectivity index (χ0n) is 22.4. The molecule has 0 atom stereocenters. The van der Waals surface area contributed by atoms with Crippen LogP contribution < -0.4 is 10.1 Å². The van der Waals surface area contributed by atoms with Crippen molar-refractivity contribution in [2.75, 3.05) is 24.8 Å². The number of hydrogen-bond donors (Lipinski definition) is 1. The van der Waals surface area contributed by atoms with E-state index < -0.39 is 0 Å². The van der Waals surface area contributed by atoms with Crippen molar-refractivity contribution in [3.63, 3.8) is 0 Å². The monoisotopic (exact) mass is 572 g/mol. The van der Waals surface area contributed by atoms with Crippen molar-refractivity contribution in [1.82, 2.24) is 9.97 Å². The van der Waals surface area contributed by atoms with E-state index in [-0.39, 0.29) is 24.7 Å². The Morgan fingerprint density at radius 1 is 1.07 bits per heavy atom. The lowest BCUT2D eigenvalue weighted by Gasteiger charge is -2.13. The van der Waals surface area contributed by atoms with Crippen LogP contribution in [0.15, 0.2) is 65.0 Å². The number of hydrogen-bond acceptors (Lipinski definition) is 9. The minimum absolute atomic E-state index is 0.0620. The number of benzene rings is 2. The van der Waals surface area contributed by atoms with Crippen molar-refractivity contribution in [3.05, 3.63) is 76.8 Å². The molecule has 10 heteroatoms. The van der Waals surface area contributed by atoms with Gasteiger partial charge in [-0.05, 0) is 49.7 Å². The fourth-order valence-electron chi connectivity index (χ4n) is 3.83. The average molecular weight is 573 g/mol. The first-order chi connectivity index (χ1) is 19.4. The number of rotatable bonds is 11. The maximum absolute atomic E-state index is 12.6. The number of carbonyl (C=O) groups is 2. The molecule has 204 valence electrons. The van der Waals surface area contributed by atoms with Gasteiger partial charge in [0.15, 0.2) is 5.13 Å². The highest BCUT2D eigenvalue weighted by Crippen LogP contribution is 2.35. The molecule has 1 amide bonds. The van der Waals surface area contributed by atoms with Gasteiger partial charge in [0.25, 0.3) is 0 Å². The lowest BCUT2D eigenvalue weighted by Crippen LogP contribution is -2.12. The Kier molecular flexibility index (Phi) is 9.89. The van der Waals surface area contributed by atoms with Gasteiger partial charge in [-0.15, -0.1) is 23.1 Å². The molecule has 0 saturated carbocycles. The third-order valence-corrected chi connectivity index (χ3v) is 7.63. The fourth-order valence-corrected chi connectivity index (χ4v) is 5.50. The smallest absolute Gasteiger partial charge is 0.311 e. The number of nitrogens with one attached hydrogen (secondary N) is 1. The van der Waals surface area contributed by atoms with Crippen LogP contribution in [0.5, 0.6) is 5.75 Å². The predicted molar refractivity (Wildman–Crippen MR) is 158 cm³/mol. The van der Waals surface area contributed by atoms with E-state index in [2.05, 4.69) is 16.4 Å². The van der Waals surface area contributed by atoms with Crippen LogP contribution >= 0.6 is 23.1 Å². The number of ether oxygens (including phenoxy) is 2. The molecule has 8 nitrogen and oxygen atoms in total. The summed E-state index contributed by atoms with van der Waals surface area (Å²) in [6, 6.07) is 19.9. The van der Waals surface area contributed by atoms with Gasteiger partial charge < -0.3 is 14.8 Å². The molecule has 0 spiro atoms. The molecule has 40 heavy (non-hydrogen) atoms. The zero-order chi connectivity index (χ0) is 28.5. The van der Waals surface area contributed by atoms with Crippen LogP contribution in [0.4, 0.5) is 5.13 Å². The molecule has 0 fully saturated rings. The van der Waals surface area contributed by atoms with Crippen molar-refractivity contribution in [1.29, 1.82) is 5.26 Å². The summed E-state index contributed by atoms with van der Waals surface area (Å²) in [6.07, 6.45) is 0.253. The minimum atomic E-state index is -0.357. The molecular weight excluding hydrogens is 544 g/mol. The maximum atomic E-state index is 12.6. The van der Waals surface area contributed by atoms with Crippen molar-refractivity contribution >= 4 is 40.1 Å². The lowest BCUT2D eigenvalue weighted by molar-refractivity contribution is -0.142. The van der Waals surface area contributed by atoms with E-state index in [9.17, 15) is 14.9 Å². The molecular formula is C30H28N4O4S2. The standard InChI is InChI=1S/C30H28N4O4S2/c1-4-38-28(36)15-22-18-40-30(32-22)34-27(35)13-14-39-29-25(17-31)24(20-7-5-19(2)6-8-20)16-26(33-29)21-9-11-23(37-3)12-10-21/h5-12,16,18H,4,13-15H2,1-3H3,(H,32,34,35). The Morgan fingerprint density at radius 2 is 1.80 bits per heavy atom. The van der Waals surface area contributed by atoms with Gasteiger partial charge in [0.05, 0.1) is 37.1 Å². The Bertz CT molecular complexity index is 1530. The Morgan fingerprint density at radius 3 is 2.48 bits per heavy atom. The number of nitrogens with zero attached hydrogens (tertiary/aromatic N) is 3. The van der Waals surface area contributed by atoms with Gasteiger partial charge in [-0.3, -0.25) is 9.59 Å². The second kappa shape index (κ2) is 13.7. The lowest BCUT2D eigenvalue weighted by atomic mass is 9.98. The molecule has 0 radical (unpaired) electrons. The van der Waals surface area contributed by atoms with Crippen molar-refractivity contribution < 1.29 is 19.1 Å². The number of aryl methyl sites for hydroxylation is 1. The van der Waals surface area contributed by atoms with Crippen LogP contribution in [0.2, 0.25) is 0 Å². The van der Waals surface area contributed by atoms with Gasteiger partial charge in [0.2, 0.25) is 5.91 Å². The van der Waals surface area contributed by atoms with Crippen LogP contribution in [0.25, 0.3) is 22.4 Å². The van der Waals surface area contributed by atoms with Gasteiger partial charge in [-0.1, -0.05) is 29.8 Å². The van der Waals surface area contributed by atoms with Crippen molar-refractivity contribution in [3.8, 4) is 34.2 Å². The first kappa shape index (κ1) is 28.8. The van der Waals surface area contributed by atoms with Gasteiger partial charge in [0, 0.05) is 28.7 Å². The second-order valence-corrected chi connectivity index (χ2v) is 10.7. The number of anilines is 1. The molecule has 0 saturated heterocycles. The van der Waals surface area contributed by atoms with E-state index in [1.165, 1.54) is 23.1 Å². The third-order valence-electron chi connectivity index (χ3n) is 5.84. The van der Waals surface area contributed by atoms with Gasteiger partial charge in [0.1, 0.15) is 16.8 Å². The van der Waals surface area contributed by atoms with Crippen LogP contribution in [0.3, 0.4) is 0 Å². The number of thiazole rings is 1. The van der Waals surface area contributed by atoms with E-state index in [0.29, 0.717) is 33.8 Å². The summed E-state index contributed by atoms with van der Waals surface area (Å²) >= 11 is 2.62. The number of pyridine rings is 1. The summed E-state index contributed by atoms with van der Waals surface area (Å²) in [5.74, 6) is 0.580. The van der Waals surface area contributed by atoms with E-state index in [1.54, 1.807) is 19.4 Å². The summed E-state index contributed by atoms with van der Waals surface area (Å²) in [4.78, 5) is 33.4. The zero-order valence-corrected chi connectivity index (χ0v) is 24.0. The second-order valence-electron chi connectivity index (χ2n) is 8.71. The molecule has 0 aliphatic rings. The topological polar surface area (TPSA) is 114 Å². The molecule has 2 aromatic carbocycles. The molecule has 0 unspecified atom stereocenters. The van der Waals surface area contributed by atoms with Gasteiger partial charge in [-0.25, -0.2) is 9.97 Å². The molecule has 0 aliphatic heterocycles. The third kappa shape index (κ3) is 7.46. The summed E-state index contributed by atoms with van der Waals surface area (Å²) in [5.41, 5.74) is 5.46. The first-order valence-corrected chi connectivity index (χ1v) is 14.5. The number of esters is 1. The quantitative estimate of drug-likeness (QED) is 0.165. The average Bonchev–Trinajstić information content (AvgIpc) is 3.39. The first-order valence-electron chi connectivity index (χ1n) is 12.6. The summed E-state index contributed by atoms with van der Waals surface area (Å²) in [5, 5.41) is 15.6. The Labute approximate surface area is 241 Å².